The Bertz CT molecular complexity index is 1360. The molecule has 4 aromatic rings. The van der Waals surface area contributed by atoms with E-state index in [1.54, 1.807) is 23.0 Å². The maximum absolute atomic E-state index is 12.5. The Morgan fingerprint density at radius 2 is 2.03 bits per heavy atom. The van der Waals surface area contributed by atoms with Crippen molar-refractivity contribution >= 4 is 27.9 Å². The fourth-order valence-corrected chi connectivity index (χ4v) is 3.57. The summed E-state index contributed by atoms with van der Waals surface area (Å²) in [6.07, 6.45) is 8.17. The smallest absolute Gasteiger partial charge is 0.371 e. The Hall–Kier alpha value is -3.99. The van der Waals surface area contributed by atoms with E-state index in [0.29, 0.717) is 15.8 Å². The zero-order valence-corrected chi connectivity index (χ0v) is 16.4. The lowest BCUT2D eigenvalue weighted by Gasteiger charge is -2.11. The van der Waals surface area contributed by atoms with Crippen molar-refractivity contribution in [1.82, 2.24) is 18.8 Å². The minimum Gasteiger partial charge on any atom is -0.475 e. The zero-order chi connectivity index (χ0) is 21.3. The number of hydrogen-bond donors (Lipinski definition) is 1. The number of pyridine rings is 2. The van der Waals surface area contributed by atoms with Crippen molar-refractivity contribution in [1.29, 1.82) is 0 Å². The number of carboxylic acid groups (broad SMARTS) is 1. The van der Waals surface area contributed by atoms with E-state index in [2.05, 4.69) is 15.1 Å². The normalized spacial score (nSPS) is 11.9. The van der Waals surface area contributed by atoms with Crippen molar-refractivity contribution in [2.45, 2.75) is 5.09 Å². The minimum atomic E-state index is -4.14. The maximum atomic E-state index is 12.5. The van der Waals surface area contributed by atoms with Crippen LogP contribution < -0.4 is 0 Å². The molecule has 0 unspecified atom stereocenters. The molecule has 0 fully saturated rings. The molecule has 0 aromatic carbocycles. The monoisotopic (exact) mass is 425 g/mol. The number of hydrogen-bond acceptors (Lipinski definition) is 7. The Kier molecular flexibility index (Phi) is 4.80. The molecule has 0 radical (unpaired) electrons. The van der Waals surface area contributed by atoms with Gasteiger partial charge in [0, 0.05) is 36.8 Å². The predicted molar refractivity (Wildman–Crippen MR) is 107 cm³/mol. The summed E-state index contributed by atoms with van der Waals surface area (Å²) in [6.45, 7) is 0. The van der Waals surface area contributed by atoms with Crippen LogP contribution >= 0.6 is 0 Å². The van der Waals surface area contributed by atoms with Gasteiger partial charge in [0.05, 0.1) is 18.1 Å². The first kappa shape index (κ1) is 19.3. The summed E-state index contributed by atoms with van der Waals surface area (Å²) in [5, 5.41) is 12.3. The van der Waals surface area contributed by atoms with Crippen molar-refractivity contribution < 1.29 is 22.7 Å². The van der Waals surface area contributed by atoms with E-state index in [1.807, 2.05) is 30.5 Å². The highest BCUT2D eigenvalue weighted by atomic mass is 32.2. The fraction of sp³-hybridized carbons (Fsp3) is 0.0526. The molecule has 0 aliphatic heterocycles. The highest BCUT2D eigenvalue weighted by Gasteiger charge is 2.25. The third-order valence-corrected chi connectivity index (χ3v) is 5.79. The second kappa shape index (κ2) is 7.44. The van der Waals surface area contributed by atoms with Gasteiger partial charge in [0.25, 0.3) is 0 Å². The van der Waals surface area contributed by atoms with Gasteiger partial charge in [0.2, 0.25) is 10.9 Å². The van der Waals surface area contributed by atoms with Gasteiger partial charge in [-0.25, -0.2) is 9.78 Å². The molecule has 1 N–H and O–H groups in total. The van der Waals surface area contributed by atoms with Gasteiger partial charge < -0.3 is 9.52 Å². The molecule has 0 saturated carbocycles. The van der Waals surface area contributed by atoms with E-state index >= 15 is 0 Å². The van der Waals surface area contributed by atoms with Crippen LogP contribution in [0.4, 0.5) is 0 Å². The second-order valence-corrected chi connectivity index (χ2v) is 8.06. The van der Waals surface area contributed by atoms with Crippen molar-refractivity contribution in [2.75, 3.05) is 7.05 Å². The molecule has 4 aromatic heterocycles. The standard InChI is InChI=1S/C19H15N5O5S/c1-23(30(27,28)18-7-5-16(29-18)19(25)26)22-11-15-10-21-17-6-4-14(12-24(15)17)13-3-2-8-20-9-13/h2-12H,1H3,(H,25,26). The van der Waals surface area contributed by atoms with Crippen LogP contribution in [0, 0.1) is 0 Å². The molecule has 0 bridgehead atoms. The highest BCUT2D eigenvalue weighted by Crippen LogP contribution is 2.20. The molecule has 4 rings (SSSR count). The Labute approximate surface area is 170 Å². The number of carboxylic acids is 1. The minimum absolute atomic E-state index is 0.476. The number of nitrogens with zero attached hydrogens (tertiary/aromatic N) is 5. The molecule has 0 amide bonds. The van der Waals surface area contributed by atoms with E-state index in [1.165, 1.54) is 13.3 Å². The van der Waals surface area contributed by atoms with Gasteiger partial charge in [-0.1, -0.05) is 6.07 Å². The number of furan rings is 1. The van der Waals surface area contributed by atoms with Crippen molar-refractivity contribution in [3.05, 3.63) is 72.6 Å². The van der Waals surface area contributed by atoms with Gasteiger partial charge in [-0.3, -0.25) is 9.38 Å². The molecule has 0 spiro atoms. The van der Waals surface area contributed by atoms with Crippen LogP contribution in [0.25, 0.3) is 16.8 Å². The molecule has 30 heavy (non-hydrogen) atoms. The molecular formula is C19H15N5O5S. The van der Waals surface area contributed by atoms with Gasteiger partial charge in [-0.05, 0) is 30.3 Å². The molecule has 11 heteroatoms. The summed E-state index contributed by atoms with van der Waals surface area (Å²) in [4.78, 5) is 19.3. The summed E-state index contributed by atoms with van der Waals surface area (Å²) in [6, 6.07) is 9.63. The topological polar surface area (TPSA) is 130 Å². The predicted octanol–water partition coefficient (Wildman–Crippen LogP) is 2.34. The number of hydrazone groups is 1. The molecule has 4 heterocycles. The number of carbonyl (C=O) groups is 1. The quantitative estimate of drug-likeness (QED) is 0.371. The van der Waals surface area contributed by atoms with Crippen molar-refractivity contribution in [3.63, 3.8) is 0 Å². The largest absolute Gasteiger partial charge is 0.475 e. The third-order valence-electron chi connectivity index (χ3n) is 4.28. The lowest BCUT2D eigenvalue weighted by molar-refractivity contribution is 0.0656. The molecule has 0 atom stereocenters. The van der Waals surface area contributed by atoms with Crippen LogP contribution in [0.1, 0.15) is 16.2 Å². The highest BCUT2D eigenvalue weighted by molar-refractivity contribution is 7.88. The fourth-order valence-electron chi connectivity index (χ4n) is 2.71. The van der Waals surface area contributed by atoms with Crippen LogP contribution in [0.2, 0.25) is 0 Å². The summed E-state index contributed by atoms with van der Waals surface area (Å²) in [7, 11) is -2.92. The van der Waals surface area contributed by atoms with Gasteiger partial charge >= 0.3 is 16.0 Å². The summed E-state index contributed by atoms with van der Waals surface area (Å²) < 4.78 is 32.4. The number of rotatable bonds is 6. The number of sulfonamides is 1. The van der Waals surface area contributed by atoms with Crippen molar-refractivity contribution in [3.8, 4) is 11.1 Å². The first-order chi connectivity index (χ1) is 14.4. The Morgan fingerprint density at radius 3 is 2.73 bits per heavy atom. The number of aromatic carboxylic acids is 1. The van der Waals surface area contributed by atoms with Gasteiger partial charge in [-0.15, -0.1) is 0 Å². The summed E-state index contributed by atoms with van der Waals surface area (Å²) in [5.41, 5.74) is 3.03. The summed E-state index contributed by atoms with van der Waals surface area (Å²) in [5.74, 6) is -1.84. The molecule has 0 aliphatic rings. The lowest BCUT2D eigenvalue weighted by Crippen LogP contribution is -2.21. The van der Waals surface area contributed by atoms with Gasteiger partial charge in [0.15, 0.2) is 0 Å². The van der Waals surface area contributed by atoms with E-state index < -0.39 is 26.8 Å². The zero-order valence-electron chi connectivity index (χ0n) is 15.6. The summed E-state index contributed by atoms with van der Waals surface area (Å²) >= 11 is 0. The third kappa shape index (κ3) is 3.53. The van der Waals surface area contributed by atoms with E-state index in [0.717, 1.165) is 23.3 Å². The molecule has 0 saturated heterocycles. The van der Waals surface area contributed by atoms with Gasteiger partial charge in [-0.2, -0.15) is 17.9 Å². The molecule has 152 valence electrons. The average Bonchev–Trinajstić information content (AvgIpc) is 3.40. The first-order valence-electron chi connectivity index (χ1n) is 8.60. The Morgan fingerprint density at radius 1 is 1.20 bits per heavy atom. The lowest BCUT2D eigenvalue weighted by atomic mass is 10.1. The van der Waals surface area contributed by atoms with Crippen LogP contribution in [0.3, 0.4) is 0 Å². The van der Waals surface area contributed by atoms with E-state index in [-0.39, 0.29) is 0 Å². The molecule has 0 aliphatic carbocycles. The number of imidazole rings is 1. The maximum Gasteiger partial charge on any atom is 0.371 e. The van der Waals surface area contributed by atoms with Crippen LogP contribution in [-0.4, -0.2) is 51.5 Å². The van der Waals surface area contributed by atoms with Gasteiger partial charge in [0.1, 0.15) is 5.65 Å². The average molecular weight is 425 g/mol. The number of aromatic nitrogens is 3. The van der Waals surface area contributed by atoms with E-state index in [9.17, 15) is 13.2 Å². The van der Waals surface area contributed by atoms with Crippen molar-refractivity contribution in [2.24, 2.45) is 5.10 Å². The first-order valence-corrected chi connectivity index (χ1v) is 10.0. The number of fused-ring (bicyclic) bond motifs is 1. The SMILES string of the molecule is CN(N=Cc1cnc2ccc(-c3cccnc3)cn12)S(=O)(=O)c1ccc(C(=O)O)o1. The van der Waals surface area contributed by atoms with Crippen LogP contribution in [0.15, 0.2) is 75.8 Å². The van der Waals surface area contributed by atoms with E-state index in [4.69, 9.17) is 9.52 Å². The second-order valence-electron chi connectivity index (χ2n) is 6.18. The molecule has 10 nitrogen and oxygen atoms in total. The molecular weight excluding hydrogens is 410 g/mol. The van der Waals surface area contributed by atoms with Crippen LogP contribution in [-0.2, 0) is 10.0 Å². The Balaban J connectivity index is 1.63. The van der Waals surface area contributed by atoms with Crippen LogP contribution in [0.5, 0.6) is 0 Å².